The average molecular weight is 261 g/mol. The van der Waals surface area contributed by atoms with Gasteiger partial charge in [0.1, 0.15) is 0 Å². The standard InChI is InChI=1S/C16H27N3/c1-4-19-10-13(9-18-19)6-16(11-17-12(2)3)7-14-5-15(14)8-16/h9-10,12,14-15,17H,4-8,11H2,1-3H3. The summed E-state index contributed by atoms with van der Waals surface area (Å²) >= 11 is 0. The number of aryl methyl sites for hydroxylation is 1. The van der Waals surface area contributed by atoms with Crippen molar-refractivity contribution >= 4 is 0 Å². The Morgan fingerprint density at radius 3 is 2.74 bits per heavy atom. The lowest BCUT2D eigenvalue weighted by molar-refractivity contribution is 0.241. The molecule has 1 aromatic heterocycles. The Balaban J connectivity index is 1.68. The van der Waals surface area contributed by atoms with Crippen LogP contribution >= 0.6 is 0 Å². The Morgan fingerprint density at radius 2 is 2.16 bits per heavy atom. The SMILES string of the molecule is CCn1cc(CC2(CNC(C)C)CC3CC3C2)cn1. The molecule has 1 N–H and O–H groups in total. The van der Waals surface area contributed by atoms with E-state index in [9.17, 15) is 0 Å². The molecule has 2 aliphatic carbocycles. The maximum Gasteiger partial charge on any atom is 0.0521 e. The molecule has 2 unspecified atom stereocenters. The van der Waals surface area contributed by atoms with Gasteiger partial charge in [-0.25, -0.2) is 0 Å². The van der Waals surface area contributed by atoms with Crippen molar-refractivity contribution in [1.29, 1.82) is 0 Å². The molecular weight excluding hydrogens is 234 g/mol. The van der Waals surface area contributed by atoms with E-state index in [1.54, 1.807) is 0 Å². The number of fused-ring (bicyclic) bond motifs is 1. The van der Waals surface area contributed by atoms with Gasteiger partial charge in [0.2, 0.25) is 0 Å². The molecular formula is C16H27N3. The van der Waals surface area contributed by atoms with Gasteiger partial charge in [0, 0.05) is 25.3 Å². The van der Waals surface area contributed by atoms with Crippen LogP contribution in [0.3, 0.4) is 0 Å². The molecule has 2 fully saturated rings. The van der Waals surface area contributed by atoms with Gasteiger partial charge >= 0.3 is 0 Å². The molecule has 0 aromatic carbocycles. The summed E-state index contributed by atoms with van der Waals surface area (Å²) in [6.45, 7) is 8.80. The predicted octanol–water partition coefficient (Wildman–Crippen LogP) is 2.86. The molecule has 106 valence electrons. The number of hydrogen-bond acceptors (Lipinski definition) is 2. The van der Waals surface area contributed by atoms with Crippen LogP contribution in [0.5, 0.6) is 0 Å². The lowest BCUT2D eigenvalue weighted by atomic mass is 9.78. The highest BCUT2D eigenvalue weighted by Crippen LogP contribution is 2.60. The third kappa shape index (κ3) is 2.86. The van der Waals surface area contributed by atoms with Crippen molar-refractivity contribution in [3.05, 3.63) is 18.0 Å². The Hall–Kier alpha value is -0.830. The fraction of sp³-hybridized carbons (Fsp3) is 0.812. The molecule has 0 saturated heterocycles. The van der Waals surface area contributed by atoms with Crippen molar-refractivity contribution in [2.45, 2.75) is 59.0 Å². The van der Waals surface area contributed by atoms with Gasteiger partial charge in [0.15, 0.2) is 0 Å². The first kappa shape index (κ1) is 13.2. The molecule has 2 saturated carbocycles. The maximum absolute atomic E-state index is 4.43. The van der Waals surface area contributed by atoms with Crippen LogP contribution < -0.4 is 5.32 Å². The summed E-state index contributed by atoms with van der Waals surface area (Å²) in [4.78, 5) is 0. The van der Waals surface area contributed by atoms with E-state index < -0.39 is 0 Å². The Bertz CT molecular complexity index is 425. The Labute approximate surface area is 116 Å². The molecule has 1 aromatic rings. The smallest absolute Gasteiger partial charge is 0.0521 e. The normalized spacial score (nSPS) is 32.8. The van der Waals surface area contributed by atoms with Gasteiger partial charge in [-0.3, -0.25) is 4.68 Å². The van der Waals surface area contributed by atoms with E-state index in [4.69, 9.17) is 0 Å². The number of nitrogens with one attached hydrogen (secondary N) is 1. The van der Waals surface area contributed by atoms with Crippen LogP contribution in [0.1, 0.15) is 45.6 Å². The predicted molar refractivity (Wildman–Crippen MR) is 78.0 cm³/mol. The fourth-order valence-corrected chi connectivity index (χ4v) is 3.88. The topological polar surface area (TPSA) is 29.9 Å². The van der Waals surface area contributed by atoms with Crippen molar-refractivity contribution in [3.63, 3.8) is 0 Å². The van der Waals surface area contributed by atoms with Crippen LogP contribution in [0.15, 0.2) is 12.4 Å². The molecule has 2 aliphatic rings. The van der Waals surface area contributed by atoms with Crippen LogP contribution in [-0.2, 0) is 13.0 Å². The second kappa shape index (κ2) is 4.93. The molecule has 19 heavy (non-hydrogen) atoms. The molecule has 3 rings (SSSR count). The van der Waals surface area contributed by atoms with E-state index in [0.29, 0.717) is 11.5 Å². The quantitative estimate of drug-likeness (QED) is 0.853. The average Bonchev–Trinajstić information content (AvgIpc) is 2.81. The molecule has 3 nitrogen and oxygen atoms in total. The summed E-state index contributed by atoms with van der Waals surface area (Å²) in [5.74, 6) is 2.07. The first-order valence-electron chi connectivity index (χ1n) is 7.85. The molecule has 2 atom stereocenters. The monoisotopic (exact) mass is 261 g/mol. The largest absolute Gasteiger partial charge is 0.314 e. The minimum atomic E-state index is 0.499. The highest BCUT2D eigenvalue weighted by molar-refractivity contribution is 5.13. The summed E-state index contributed by atoms with van der Waals surface area (Å²) < 4.78 is 2.05. The van der Waals surface area contributed by atoms with Crippen molar-refractivity contribution in [2.24, 2.45) is 17.3 Å². The highest BCUT2D eigenvalue weighted by atomic mass is 15.3. The first-order chi connectivity index (χ1) is 9.10. The molecule has 0 amide bonds. The second-order valence-electron chi connectivity index (χ2n) is 7.08. The zero-order valence-corrected chi connectivity index (χ0v) is 12.5. The van der Waals surface area contributed by atoms with Gasteiger partial charge in [-0.1, -0.05) is 13.8 Å². The van der Waals surface area contributed by atoms with Crippen LogP contribution in [0.25, 0.3) is 0 Å². The third-order valence-electron chi connectivity index (χ3n) is 4.93. The van der Waals surface area contributed by atoms with Crippen LogP contribution in [-0.4, -0.2) is 22.4 Å². The van der Waals surface area contributed by atoms with E-state index in [0.717, 1.165) is 18.4 Å². The molecule has 0 spiro atoms. The van der Waals surface area contributed by atoms with Gasteiger partial charge in [0.25, 0.3) is 0 Å². The minimum absolute atomic E-state index is 0.499. The maximum atomic E-state index is 4.43. The van der Waals surface area contributed by atoms with Gasteiger partial charge in [-0.15, -0.1) is 0 Å². The molecule has 0 aliphatic heterocycles. The van der Waals surface area contributed by atoms with E-state index in [-0.39, 0.29) is 0 Å². The summed E-state index contributed by atoms with van der Waals surface area (Å²) in [7, 11) is 0. The lowest BCUT2D eigenvalue weighted by Gasteiger charge is -2.32. The third-order valence-corrected chi connectivity index (χ3v) is 4.93. The molecule has 0 radical (unpaired) electrons. The van der Waals surface area contributed by atoms with Crippen LogP contribution in [0, 0.1) is 17.3 Å². The number of hydrogen-bond donors (Lipinski definition) is 1. The van der Waals surface area contributed by atoms with Gasteiger partial charge in [-0.05, 0) is 55.4 Å². The second-order valence-corrected chi connectivity index (χ2v) is 7.08. The van der Waals surface area contributed by atoms with E-state index in [2.05, 4.69) is 48.3 Å². The van der Waals surface area contributed by atoms with Crippen molar-refractivity contribution in [3.8, 4) is 0 Å². The Kier molecular flexibility index (Phi) is 3.42. The summed E-state index contributed by atoms with van der Waals surface area (Å²) in [5, 5.41) is 8.11. The van der Waals surface area contributed by atoms with Gasteiger partial charge < -0.3 is 5.32 Å². The van der Waals surface area contributed by atoms with Crippen molar-refractivity contribution in [1.82, 2.24) is 15.1 Å². The van der Waals surface area contributed by atoms with E-state index in [1.165, 1.54) is 37.8 Å². The summed E-state index contributed by atoms with van der Waals surface area (Å²) in [6, 6.07) is 0.590. The molecule has 3 heteroatoms. The van der Waals surface area contributed by atoms with Crippen LogP contribution in [0.2, 0.25) is 0 Å². The van der Waals surface area contributed by atoms with E-state index >= 15 is 0 Å². The number of aromatic nitrogens is 2. The highest BCUT2D eigenvalue weighted by Gasteiger charge is 2.53. The van der Waals surface area contributed by atoms with Gasteiger partial charge in [0.05, 0.1) is 6.20 Å². The van der Waals surface area contributed by atoms with Crippen LogP contribution in [0.4, 0.5) is 0 Å². The number of rotatable bonds is 6. The summed E-state index contributed by atoms with van der Waals surface area (Å²) in [6.07, 6.45) is 9.87. The fourth-order valence-electron chi connectivity index (χ4n) is 3.88. The zero-order chi connectivity index (χ0) is 13.5. The number of nitrogens with zero attached hydrogens (tertiary/aromatic N) is 2. The minimum Gasteiger partial charge on any atom is -0.314 e. The van der Waals surface area contributed by atoms with E-state index in [1.807, 2.05) is 0 Å². The lowest BCUT2D eigenvalue weighted by Crippen LogP contribution is -2.38. The zero-order valence-electron chi connectivity index (χ0n) is 12.5. The molecule has 1 heterocycles. The molecule has 0 bridgehead atoms. The van der Waals surface area contributed by atoms with Gasteiger partial charge in [-0.2, -0.15) is 5.10 Å². The Morgan fingerprint density at radius 1 is 1.42 bits per heavy atom. The summed E-state index contributed by atoms with van der Waals surface area (Å²) in [5.41, 5.74) is 1.92. The van der Waals surface area contributed by atoms with Crippen molar-refractivity contribution in [2.75, 3.05) is 6.54 Å². The first-order valence-corrected chi connectivity index (χ1v) is 7.85. The van der Waals surface area contributed by atoms with Crippen molar-refractivity contribution < 1.29 is 0 Å².